The summed E-state index contributed by atoms with van der Waals surface area (Å²) < 4.78 is 12.5. The fourth-order valence-electron chi connectivity index (χ4n) is 3.87. The van der Waals surface area contributed by atoms with E-state index in [9.17, 15) is 9.59 Å². The van der Waals surface area contributed by atoms with Crippen LogP contribution in [0.25, 0.3) is 6.08 Å². The van der Waals surface area contributed by atoms with Gasteiger partial charge in [0, 0.05) is 46.4 Å². The van der Waals surface area contributed by atoms with Crippen LogP contribution in [0.4, 0.5) is 11.6 Å². The van der Waals surface area contributed by atoms with E-state index in [4.69, 9.17) is 9.47 Å². The highest BCUT2D eigenvalue weighted by Crippen LogP contribution is 2.22. The predicted molar refractivity (Wildman–Crippen MR) is 116 cm³/mol. The van der Waals surface area contributed by atoms with Crippen LogP contribution in [-0.2, 0) is 16.6 Å². The van der Waals surface area contributed by atoms with Crippen molar-refractivity contribution in [1.82, 2.24) is 24.8 Å². The summed E-state index contributed by atoms with van der Waals surface area (Å²) in [6.45, 7) is 3.80. The van der Waals surface area contributed by atoms with E-state index < -0.39 is 0 Å². The Morgan fingerprint density at radius 2 is 2.16 bits per heavy atom. The number of nitrogens with one attached hydrogen (secondary N) is 2. The van der Waals surface area contributed by atoms with Crippen LogP contribution < -0.4 is 26.1 Å². The molecule has 2 aliphatic heterocycles. The number of hydrogen-bond donors (Lipinski definition) is 2. The lowest BCUT2D eigenvalue weighted by atomic mass is 10.1. The summed E-state index contributed by atoms with van der Waals surface area (Å²) in [5.41, 5.74) is 1.29. The van der Waals surface area contributed by atoms with Gasteiger partial charge in [-0.2, -0.15) is 15.0 Å². The molecule has 2 unspecified atom stereocenters. The monoisotopic (exact) mass is 441 g/mol. The van der Waals surface area contributed by atoms with Gasteiger partial charge in [-0.25, -0.2) is 0 Å². The molecule has 0 bridgehead atoms. The quantitative estimate of drug-likeness (QED) is 0.606. The van der Waals surface area contributed by atoms with Crippen molar-refractivity contribution in [3.05, 3.63) is 28.7 Å². The van der Waals surface area contributed by atoms with Crippen LogP contribution in [0.15, 0.2) is 17.3 Å². The highest BCUT2D eigenvalue weighted by Gasteiger charge is 2.30. The number of carbonyl (C=O) groups excluding carboxylic acids is 2. The SMILES string of the molecule is COc1nc(Nc2ccn(C)c2C(=O)N2CCNC(C(C)OC)C2)nc2c1=CCC(=O)N=2. The molecule has 2 aromatic heterocycles. The molecule has 2 N–H and O–H groups in total. The van der Waals surface area contributed by atoms with Crippen LogP contribution >= 0.6 is 0 Å². The molecule has 170 valence electrons. The van der Waals surface area contributed by atoms with Crippen molar-refractivity contribution in [1.29, 1.82) is 0 Å². The Balaban J connectivity index is 1.63. The first-order valence-electron chi connectivity index (χ1n) is 10.4. The predicted octanol–water partition coefficient (Wildman–Crippen LogP) is -0.653. The van der Waals surface area contributed by atoms with E-state index in [1.165, 1.54) is 7.11 Å². The minimum absolute atomic E-state index is 0.0174. The average molecular weight is 441 g/mol. The Hall–Kier alpha value is -3.31. The van der Waals surface area contributed by atoms with Crippen molar-refractivity contribution in [2.24, 2.45) is 12.0 Å². The minimum Gasteiger partial charge on any atom is -0.480 e. The van der Waals surface area contributed by atoms with Gasteiger partial charge in [0.15, 0.2) is 5.49 Å². The Kier molecular flexibility index (Phi) is 6.19. The Labute approximate surface area is 185 Å². The van der Waals surface area contributed by atoms with Crippen LogP contribution in [0.1, 0.15) is 23.8 Å². The number of fused-ring (bicyclic) bond motifs is 1. The van der Waals surface area contributed by atoms with Gasteiger partial charge in [0.25, 0.3) is 11.8 Å². The smallest absolute Gasteiger partial charge is 0.272 e. The molecule has 2 aliphatic rings. The molecule has 4 heterocycles. The zero-order valence-electron chi connectivity index (χ0n) is 18.6. The van der Waals surface area contributed by atoms with Crippen molar-refractivity contribution >= 4 is 29.5 Å². The van der Waals surface area contributed by atoms with Crippen LogP contribution in [-0.4, -0.2) is 77.2 Å². The van der Waals surface area contributed by atoms with Gasteiger partial charge in [0.05, 0.1) is 30.2 Å². The van der Waals surface area contributed by atoms with Gasteiger partial charge in [0.2, 0.25) is 11.8 Å². The van der Waals surface area contributed by atoms with Gasteiger partial charge in [-0.15, -0.1) is 0 Å². The molecule has 0 aliphatic carbocycles. The summed E-state index contributed by atoms with van der Waals surface area (Å²) >= 11 is 0. The minimum atomic E-state index is -0.279. The number of ether oxygens (including phenoxy) is 2. The third kappa shape index (κ3) is 4.21. The van der Waals surface area contributed by atoms with Crippen LogP contribution in [0.3, 0.4) is 0 Å². The third-order valence-corrected chi connectivity index (χ3v) is 5.75. The Bertz CT molecular complexity index is 1160. The molecular formula is C21H27N7O4. The molecule has 1 fully saturated rings. The fraction of sp³-hybridized carbons (Fsp3) is 0.476. The number of anilines is 2. The van der Waals surface area contributed by atoms with E-state index in [1.807, 2.05) is 18.9 Å². The molecule has 4 rings (SSSR count). The van der Waals surface area contributed by atoms with Crippen molar-refractivity contribution in [3.63, 3.8) is 0 Å². The van der Waals surface area contributed by atoms with E-state index in [1.54, 1.807) is 30.0 Å². The molecule has 2 atom stereocenters. The number of carbonyl (C=O) groups is 2. The first kappa shape index (κ1) is 21.9. The topological polar surface area (TPSA) is 123 Å². The summed E-state index contributed by atoms with van der Waals surface area (Å²) in [7, 11) is 4.97. The van der Waals surface area contributed by atoms with E-state index in [2.05, 4.69) is 25.6 Å². The molecule has 2 amide bonds. The molecule has 1 saturated heterocycles. The lowest BCUT2D eigenvalue weighted by molar-refractivity contribution is -0.117. The average Bonchev–Trinajstić information content (AvgIpc) is 3.16. The zero-order valence-corrected chi connectivity index (χ0v) is 18.6. The molecular weight excluding hydrogens is 414 g/mol. The molecule has 0 aromatic carbocycles. The highest BCUT2D eigenvalue weighted by molar-refractivity contribution is 5.99. The normalized spacial score (nSPS) is 18.9. The van der Waals surface area contributed by atoms with E-state index in [-0.39, 0.29) is 41.8 Å². The number of rotatable bonds is 6. The summed E-state index contributed by atoms with van der Waals surface area (Å²) in [6, 6.07) is 1.84. The number of aromatic nitrogens is 3. The van der Waals surface area contributed by atoms with Gasteiger partial charge in [-0.1, -0.05) is 6.08 Å². The maximum atomic E-state index is 13.4. The van der Waals surface area contributed by atoms with Crippen molar-refractivity contribution in [2.75, 3.05) is 39.2 Å². The molecule has 2 aromatic rings. The molecule has 0 spiro atoms. The first-order valence-corrected chi connectivity index (χ1v) is 10.4. The van der Waals surface area contributed by atoms with Crippen LogP contribution in [0.2, 0.25) is 0 Å². The van der Waals surface area contributed by atoms with Gasteiger partial charge in [-0.3, -0.25) is 9.59 Å². The van der Waals surface area contributed by atoms with Crippen molar-refractivity contribution in [3.8, 4) is 5.88 Å². The number of nitrogens with zero attached hydrogens (tertiary/aromatic N) is 5. The van der Waals surface area contributed by atoms with Crippen LogP contribution in [0.5, 0.6) is 5.88 Å². The zero-order chi connectivity index (χ0) is 22.8. The molecule has 11 heteroatoms. The van der Waals surface area contributed by atoms with Crippen LogP contribution in [0, 0.1) is 0 Å². The summed E-state index contributed by atoms with van der Waals surface area (Å²) in [6.07, 6.45) is 3.66. The Morgan fingerprint density at radius 1 is 1.34 bits per heavy atom. The second-order valence-electron chi connectivity index (χ2n) is 7.77. The first-order chi connectivity index (χ1) is 15.4. The van der Waals surface area contributed by atoms with Gasteiger partial charge in [-0.05, 0) is 13.0 Å². The fourth-order valence-corrected chi connectivity index (χ4v) is 3.87. The second kappa shape index (κ2) is 9.05. The Morgan fingerprint density at radius 3 is 2.91 bits per heavy atom. The maximum absolute atomic E-state index is 13.4. The highest BCUT2D eigenvalue weighted by atomic mass is 16.5. The van der Waals surface area contributed by atoms with Crippen molar-refractivity contribution < 1.29 is 19.1 Å². The summed E-state index contributed by atoms with van der Waals surface area (Å²) in [4.78, 5) is 39.7. The lowest BCUT2D eigenvalue weighted by Crippen LogP contribution is -2.56. The number of aryl methyl sites for hydroxylation is 1. The number of methoxy groups -OCH3 is 2. The largest absolute Gasteiger partial charge is 0.480 e. The van der Waals surface area contributed by atoms with E-state index in [0.717, 1.165) is 0 Å². The third-order valence-electron chi connectivity index (χ3n) is 5.75. The van der Waals surface area contributed by atoms with E-state index >= 15 is 0 Å². The number of hydrogen-bond acceptors (Lipinski definition) is 8. The number of amides is 2. The summed E-state index contributed by atoms with van der Waals surface area (Å²) in [5.74, 6) is 0.126. The van der Waals surface area contributed by atoms with E-state index in [0.29, 0.717) is 42.1 Å². The van der Waals surface area contributed by atoms with Crippen molar-refractivity contribution in [2.45, 2.75) is 25.5 Å². The standard InChI is InChI=1S/C21H27N7O4/c1-12(31-3)15-11-28(10-8-22-15)20(30)17-14(7-9-27(17)2)23-21-25-18-13(19(26-21)32-4)5-6-16(29)24-18/h5,7,9,12,15,22H,6,8,10-11H2,1-4H3,(H,23,24,25,29). The summed E-state index contributed by atoms with van der Waals surface area (Å²) in [5, 5.41) is 7.08. The van der Waals surface area contributed by atoms with Gasteiger partial charge in [0.1, 0.15) is 5.69 Å². The number of piperazine rings is 1. The molecule has 11 nitrogen and oxygen atoms in total. The maximum Gasteiger partial charge on any atom is 0.272 e. The molecule has 32 heavy (non-hydrogen) atoms. The molecule has 0 saturated carbocycles. The van der Waals surface area contributed by atoms with Gasteiger partial charge < -0.3 is 29.6 Å². The molecule has 0 radical (unpaired) electrons. The second-order valence-corrected chi connectivity index (χ2v) is 7.77. The lowest BCUT2D eigenvalue weighted by Gasteiger charge is -2.36. The van der Waals surface area contributed by atoms with Gasteiger partial charge >= 0.3 is 0 Å².